The molecule has 0 radical (unpaired) electrons. The Morgan fingerprint density at radius 3 is 2.18 bits per heavy atom. The highest BCUT2D eigenvalue weighted by Crippen LogP contribution is 2.27. The molecule has 1 aliphatic rings. The summed E-state index contributed by atoms with van der Waals surface area (Å²) in [5.41, 5.74) is 2.63. The van der Waals surface area contributed by atoms with Crippen molar-refractivity contribution in [1.82, 2.24) is 4.90 Å². The average molecular weight is 438 g/mol. The lowest BCUT2D eigenvalue weighted by molar-refractivity contribution is -0.126. The number of benzene rings is 3. The first-order valence-corrected chi connectivity index (χ1v) is 10.6. The Morgan fingerprint density at radius 2 is 1.52 bits per heavy atom. The van der Waals surface area contributed by atoms with E-state index >= 15 is 0 Å². The molecule has 0 aromatic heterocycles. The Hall–Kier alpha value is -4.44. The van der Waals surface area contributed by atoms with E-state index in [1.54, 1.807) is 17.0 Å². The normalized spacial score (nSPS) is 14.3. The van der Waals surface area contributed by atoms with Gasteiger partial charge in [0.1, 0.15) is 17.4 Å². The molecule has 33 heavy (non-hydrogen) atoms. The fourth-order valence-corrected chi connectivity index (χ4v) is 3.60. The third-order valence-electron chi connectivity index (χ3n) is 5.39. The Balaban J connectivity index is 1.47. The van der Waals surface area contributed by atoms with Crippen molar-refractivity contribution in [2.24, 2.45) is 10.2 Å². The number of para-hydroxylation sites is 1. The standard InChI is InChI=1S/C26H23N5O2/c27-19-21(26(33)31-15-13-30(14-16-31)24-9-5-2-6-10-24)17-20-18-23(11-12-25(20)32)29-28-22-7-3-1-4-8-22/h1-12,17-18,32H,13-16H2/b21-17-,29-28?. The van der Waals surface area contributed by atoms with Crippen LogP contribution >= 0.6 is 0 Å². The van der Waals surface area contributed by atoms with Gasteiger partial charge in [0, 0.05) is 37.4 Å². The van der Waals surface area contributed by atoms with Crippen LogP contribution in [0.25, 0.3) is 6.08 Å². The smallest absolute Gasteiger partial charge is 0.264 e. The summed E-state index contributed by atoms with van der Waals surface area (Å²) in [4.78, 5) is 16.9. The number of piperazine rings is 1. The number of anilines is 1. The molecule has 1 N–H and O–H groups in total. The van der Waals surface area contributed by atoms with E-state index in [1.165, 1.54) is 12.1 Å². The van der Waals surface area contributed by atoms with Crippen LogP contribution in [-0.2, 0) is 4.79 Å². The number of hydrogen-bond acceptors (Lipinski definition) is 6. The van der Waals surface area contributed by atoms with Gasteiger partial charge in [0.05, 0.1) is 11.4 Å². The number of phenols is 1. The molecule has 4 rings (SSSR count). The van der Waals surface area contributed by atoms with Crippen LogP contribution in [0.5, 0.6) is 5.75 Å². The first-order valence-electron chi connectivity index (χ1n) is 10.6. The van der Waals surface area contributed by atoms with E-state index in [4.69, 9.17) is 0 Å². The predicted molar refractivity (Wildman–Crippen MR) is 128 cm³/mol. The Labute approximate surface area is 192 Å². The number of rotatable bonds is 5. The van der Waals surface area contributed by atoms with Gasteiger partial charge in [-0.2, -0.15) is 15.5 Å². The minimum absolute atomic E-state index is 0.0318. The van der Waals surface area contributed by atoms with E-state index in [0.29, 0.717) is 43.1 Å². The van der Waals surface area contributed by atoms with Crippen molar-refractivity contribution in [2.75, 3.05) is 31.1 Å². The number of carbonyl (C=O) groups excluding carboxylic acids is 1. The van der Waals surface area contributed by atoms with Crippen LogP contribution in [-0.4, -0.2) is 42.1 Å². The maximum atomic E-state index is 13.0. The molecule has 1 amide bonds. The molecule has 1 heterocycles. The van der Waals surface area contributed by atoms with Gasteiger partial charge in [-0.1, -0.05) is 36.4 Å². The van der Waals surface area contributed by atoms with Crippen LogP contribution in [0.3, 0.4) is 0 Å². The SMILES string of the molecule is N#C/C(=C/c1cc(N=Nc2ccccc2)ccc1O)C(=O)N1CCN(c2ccccc2)CC1. The second-order valence-corrected chi connectivity index (χ2v) is 7.56. The molecule has 164 valence electrons. The van der Waals surface area contributed by atoms with Crippen LogP contribution in [0, 0.1) is 11.3 Å². The zero-order valence-corrected chi connectivity index (χ0v) is 18.0. The van der Waals surface area contributed by atoms with Gasteiger partial charge in [-0.15, -0.1) is 0 Å². The van der Waals surface area contributed by atoms with E-state index in [0.717, 1.165) is 5.69 Å². The van der Waals surface area contributed by atoms with Gasteiger partial charge in [-0.3, -0.25) is 4.79 Å². The highest BCUT2D eigenvalue weighted by Gasteiger charge is 2.24. The number of phenolic OH excluding ortho intramolecular Hbond substituents is 1. The molecule has 3 aromatic rings. The maximum absolute atomic E-state index is 13.0. The van der Waals surface area contributed by atoms with E-state index in [2.05, 4.69) is 15.1 Å². The summed E-state index contributed by atoms with van der Waals surface area (Å²) in [6.07, 6.45) is 1.41. The molecule has 0 spiro atoms. The Kier molecular flexibility index (Phi) is 6.76. The first-order chi connectivity index (χ1) is 16.1. The number of azo groups is 1. The van der Waals surface area contributed by atoms with Crippen molar-refractivity contribution in [1.29, 1.82) is 5.26 Å². The fraction of sp³-hybridized carbons (Fsp3) is 0.154. The maximum Gasteiger partial charge on any atom is 0.264 e. The minimum atomic E-state index is -0.346. The second-order valence-electron chi connectivity index (χ2n) is 7.56. The predicted octanol–water partition coefficient (Wildman–Crippen LogP) is 5.06. The number of nitrogens with zero attached hydrogens (tertiary/aromatic N) is 5. The molecule has 0 saturated carbocycles. The summed E-state index contributed by atoms with van der Waals surface area (Å²) in [6, 6.07) is 26.0. The van der Waals surface area contributed by atoms with Crippen LogP contribution in [0.1, 0.15) is 5.56 Å². The number of amides is 1. The van der Waals surface area contributed by atoms with Crippen molar-refractivity contribution in [2.45, 2.75) is 0 Å². The van der Waals surface area contributed by atoms with Crippen molar-refractivity contribution in [3.05, 3.63) is 90.0 Å². The zero-order valence-electron chi connectivity index (χ0n) is 18.0. The molecule has 1 fully saturated rings. The largest absolute Gasteiger partial charge is 0.507 e. The minimum Gasteiger partial charge on any atom is -0.507 e. The lowest BCUT2D eigenvalue weighted by Gasteiger charge is -2.36. The van der Waals surface area contributed by atoms with Gasteiger partial charge in [0.15, 0.2) is 0 Å². The van der Waals surface area contributed by atoms with Crippen molar-refractivity contribution >= 4 is 29.0 Å². The topological polar surface area (TPSA) is 92.3 Å². The molecular formula is C26H23N5O2. The number of hydrogen-bond donors (Lipinski definition) is 1. The van der Waals surface area contributed by atoms with Gasteiger partial charge in [-0.25, -0.2) is 0 Å². The molecule has 0 aliphatic carbocycles. The van der Waals surface area contributed by atoms with Crippen LogP contribution in [0.15, 0.2) is 94.7 Å². The van der Waals surface area contributed by atoms with Crippen molar-refractivity contribution < 1.29 is 9.90 Å². The second kappa shape index (κ2) is 10.2. The first kappa shape index (κ1) is 21.8. The van der Waals surface area contributed by atoms with E-state index in [-0.39, 0.29) is 17.2 Å². The highest BCUT2D eigenvalue weighted by atomic mass is 16.3. The summed E-state index contributed by atoms with van der Waals surface area (Å²) in [7, 11) is 0. The third kappa shape index (κ3) is 5.43. The molecule has 7 heteroatoms. The summed E-state index contributed by atoms with van der Waals surface area (Å²) in [5, 5.41) is 28.2. The van der Waals surface area contributed by atoms with Crippen LogP contribution in [0.4, 0.5) is 17.1 Å². The summed E-state index contributed by atoms with van der Waals surface area (Å²) < 4.78 is 0. The van der Waals surface area contributed by atoms with E-state index < -0.39 is 0 Å². The lowest BCUT2D eigenvalue weighted by Crippen LogP contribution is -2.49. The van der Waals surface area contributed by atoms with Gasteiger partial charge < -0.3 is 14.9 Å². The highest BCUT2D eigenvalue weighted by molar-refractivity contribution is 6.02. The Bertz CT molecular complexity index is 1210. The fourth-order valence-electron chi connectivity index (χ4n) is 3.60. The van der Waals surface area contributed by atoms with E-state index in [9.17, 15) is 15.2 Å². The Morgan fingerprint density at radius 1 is 0.879 bits per heavy atom. The average Bonchev–Trinajstić information content (AvgIpc) is 2.88. The molecule has 1 saturated heterocycles. The number of aromatic hydroxyl groups is 1. The van der Waals surface area contributed by atoms with Gasteiger partial charge in [0.25, 0.3) is 5.91 Å². The molecular weight excluding hydrogens is 414 g/mol. The molecule has 0 atom stereocenters. The zero-order chi connectivity index (χ0) is 23.0. The summed E-state index contributed by atoms with van der Waals surface area (Å²) >= 11 is 0. The third-order valence-corrected chi connectivity index (χ3v) is 5.39. The van der Waals surface area contributed by atoms with Gasteiger partial charge in [0.2, 0.25) is 0 Å². The van der Waals surface area contributed by atoms with E-state index in [1.807, 2.05) is 66.7 Å². The molecule has 7 nitrogen and oxygen atoms in total. The van der Waals surface area contributed by atoms with Crippen molar-refractivity contribution in [3.8, 4) is 11.8 Å². The van der Waals surface area contributed by atoms with Crippen LogP contribution in [0.2, 0.25) is 0 Å². The van der Waals surface area contributed by atoms with Gasteiger partial charge >= 0.3 is 0 Å². The molecule has 1 aliphatic heterocycles. The van der Waals surface area contributed by atoms with Crippen LogP contribution < -0.4 is 4.90 Å². The molecule has 0 unspecified atom stereocenters. The summed E-state index contributed by atoms with van der Waals surface area (Å²) in [6.45, 7) is 2.41. The number of carbonyl (C=O) groups is 1. The molecule has 3 aromatic carbocycles. The monoisotopic (exact) mass is 437 g/mol. The van der Waals surface area contributed by atoms with Gasteiger partial charge in [-0.05, 0) is 48.5 Å². The van der Waals surface area contributed by atoms with Crippen molar-refractivity contribution in [3.63, 3.8) is 0 Å². The lowest BCUT2D eigenvalue weighted by atomic mass is 10.1. The summed E-state index contributed by atoms with van der Waals surface area (Å²) in [5.74, 6) is -0.385. The molecule has 0 bridgehead atoms. The number of nitriles is 1. The quantitative estimate of drug-likeness (QED) is 0.343.